The summed E-state index contributed by atoms with van der Waals surface area (Å²) in [6, 6.07) is 6.32. The van der Waals surface area contributed by atoms with Crippen LogP contribution >= 0.6 is 11.6 Å². The summed E-state index contributed by atoms with van der Waals surface area (Å²) in [4.78, 5) is 4.03. The number of nitrogen functional groups attached to an aromatic ring is 1. The lowest BCUT2D eigenvalue weighted by molar-refractivity contribution is 0.600. The molecule has 0 saturated heterocycles. The van der Waals surface area contributed by atoms with Crippen molar-refractivity contribution in [3.05, 3.63) is 46.6 Å². The summed E-state index contributed by atoms with van der Waals surface area (Å²) in [5.74, 6) is 0.0913. The van der Waals surface area contributed by atoms with E-state index in [9.17, 15) is 8.42 Å². The van der Waals surface area contributed by atoms with E-state index in [-0.39, 0.29) is 15.7 Å². The third-order valence-corrected chi connectivity index (χ3v) is 4.69. The molecule has 0 aliphatic carbocycles. The number of halogens is 1. The minimum absolute atomic E-state index is 0.0913. The Kier molecular flexibility index (Phi) is 3.87. The highest BCUT2D eigenvalue weighted by Gasteiger charge is 2.20. The lowest BCUT2D eigenvalue weighted by Gasteiger charge is -2.13. The van der Waals surface area contributed by atoms with Crippen molar-refractivity contribution < 1.29 is 8.42 Å². The van der Waals surface area contributed by atoms with Gasteiger partial charge in [0.15, 0.2) is 5.82 Å². The van der Waals surface area contributed by atoms with Gasteiger partial charge in [-0.25, -0.2) is 13.4 Å². The minimum atomic E-state index is -3.79. The second-order valence-electron chi connectivity index (χ2n) is 4.40. The summed E-state index contributed by atoms with van der Waals surface area (Å²) in [6.45, 7) is 3.53. The van der Waals surface area contributed by atoms with Crippen LogP contribution in [-0.2, 0) is 10.0 Å². The molecular weight excluding hydrogens is 298 g/mol. The zero-order chi connectivity index (χ0) is 14.9. The van der Waals surface area contributed by atoms with E-state index in [0.717, 1.165) is 5.56 Å². The van der Waals surface area contributed by atoms with Crippen LogP contribution < -0.4 is 10.5 Å². The molecule has 0 spiro atoms. The van der Waals surface area contributed by atoms with Crippen molar-refractivity contribution in [2.45, 2.75) is 18.7 Å². The van der Waals surface area contributed by atoms with Gasteiger partial charge in [-0.1, -0.05) is 11.6 Å². The Balaban J connectivity index is 2.49. The second kappa shape index (κ2) is 5.30. The molecule has 0 amide bonds. The number of nitrogens with two attached hydrogens (primary N) is 1. The highest BCUT2D eigenvalue weighted by molar-refractivity contribution is 7.92. The third kappa shape index (κ3) is 2.86. The van der Waals surface area contributed by atoms with Crippen LogP contribution in [0, 0.1) is 13.8 Å². The van der Waals surface area contributed by atoms with Gasteiger partial charge < -0.3 is 5.73 Å². The van der Waals surface area contributed by atoms with Gasteiger partial charge in [-0.05, 0) is 49.2 Å². The van der Waals surface area contributed by atoms with Crippen molar-refractivity contribution >= 4 is 33.1 Å². The van der Waals surface area contributed by atoms with Crippen LogP contribution in [0.5, 0.6) is 0 Å². The number of sulfonamides is 1. The standard InChI is InChI=1S/C13H14ClN3O2S/c1-8-6-10(15)7-12(9(8)2)20(18,19)17-13-11(14)4-3-5-16-13/h3-7H,15H2,1-2H3,(H,16,17). The molecule has 0 radical (unpaired) electrons. The first-order valence-corrected chi connectivity index (χ1v) is 7.67. The Morgan fingerprint density at radius 1 is 1.30 bits per heavy atom. The topological polar surface area (TPSA) is 85.1 Å². The molecule has 2 rings (SSSR count). The summed E-state index contributed by atoms with van der Waals surface area (Å²) in [6.07, 6.45) is 1.46. The predicted molar refractivity (Wildman–Crippen MR) is 80.4 cm³/mol. The van der Waals surface area contributed by atoms with Crippen molar-refractivity contribution in [1.29, 1.82) is 0 Å². The monoisotopic (exact) mass is 311 g/mol. The molecular formula is C13H14ClN3O2S. The number of anilines is 2. The number of nitrogens with zero attached hydrogens (tertiary/aromatic N) is 1. The third-order valence-electron chi connectivity index (χ3n) is 2.92. The van der Waals surface area contributed by atoms with Gasteiger partial charge in [0, 0.05) is 11.9 Å². The van der Waals surface area contributed by atoms with E-state index in [1.807, 2.05) is 0 Å². The fourth-order valence-electron chi connectivity index (χ4n) is 1.78. The van der Waals surface area contributed by atoms with Gasteiger partial charge >= 0.3 is 0 Å². The minimum Gasteiger partial charge on any atom is -0.399 e. The number of hydrogen-bond acceptors (Lipinski definition) is 4. The van der Waals surface area contributed by atoms with Crippen LogP contribution in [-0.4, -0.2) is 13.4 Å². The number of aromatic nitrogens is 1. The Morgan fingerprint density at radius 2 is 2.00 bits per heavy atom. The van der Waals surface area contributed by atoms with Gasteiger partial charge in [0.25, 0.3) is 10.0 Å². The van der Waals surface area contributed by atoms with Gasteiger partial charge in [0.05, 0.1) is 9.92 Å². The molecule has 1 aromatic heterocycles. The quantitative estimate of drug-likeness (QED) is 0.853. The number of benzene rings is 1. The van der Waals surface area contributed by atoms with Crippen LogP contribution in [0.25, 0.3) is 0 Å². The average molecular weight is 312 g/mol. The molecule has 1 aromatic carbocycles. The molecule has 1 heterocycles. The number of pyridine rings is 1. The summed E-state index contributed by atoms with van der Waals surface area (Å²) < 4.78 is 27.2. The first kappa shape index (κ1) is 14.6. The van der Waals surface area contributed by atoms with Gasteiger partial charge in [0.2, 0.25) is 0 Å². The van der Waals surface area contributed by atoms with Gasteiger partial charge in [-0.2, -0.15) is 0 Å². The lowest BCUT2D eigenvalue weighted by atomic mass is 10.1. The van der Waals surface area contributed by atoms with E-state index in [1.54, 1.807) is 32.0 Å². The SMILES string of the molecule is Cc1cc(N)cc(S(=O)(=O)Nc2ncccc2Cl)c1C. The molecule has 2 aromatic rings. The first-order valence-electron chi connectivity index (χ1n) is 5.81. The summed E-state index contributed by atoms with van der Waals surface area (Å²) >= 11 is 5.91. The van der Waals surface area contributed by atoms with E-state index in [2.05, 4.69) is 9.71 Å². The van der Waals surface area contributed by atoms with E-state index >= 15 is 0 Å². The highest BCUT2D eigenvalue weighted by Crippen LogP contribution is 2.26. The molecule has 5 nitrogen and oxygen atoms in total. The average Bonchev–Trinajstić information content (AvgIpc) is 2.36. The van der Waals surface area contributed by atoms with Gasteiger partial charge in [-0.15, -0.1) is 0 Å². The van der Waals surface area contributed by atoms with E-state index < -0.39 is 10.0 Å². The Bertz CT molecular complexity index is 760. The summed E-state index contributed by atoms with van der Waals surface area (Å²) in [5.41, 5.74) is 7.54. The Morgan fingerprint density at radius 3 is 2.65 bits per heavy atom. The van der Waals surface area contributed by atoms with Crippen molar-refractivity contribution in [3.8, 4) is 0 Å². The molecule has 0 atom stereocenters. The fourth-order valence-corrected chi connectivity index (χ4v) is 3.38. The molecule has 106 valence electrons. The largest absolute Gasteiger partial charge is 0.399 e. The zero-order valence-corrected chi connectivity index (χ0v) is 12.6. The molecule has 0 aliphatic heterocycles. The number of rotatable bonds is 3. The molecule has 3 N–H and O–H groups in total. The Labute approximate surface area is 122 Å². The summed E-state index contributed by atoms with van der Waals surface area (Å²) in [5, 5.41) is 0.231. The zero-order valence-electron chi connectivity index (χ0n) is 11.0. The molecule has 0 unspecified atom stereocenters. The maximum atomic E-state index is 12.4. The van der Waals surface area contributed by atoms with E-state index in [1.165, 1.54) is 12.3 Å². The Hall–Kier alpha value is -1.79. The molecule has 0 bridgehead atoms. The van der Waals surface area contributed by atoms with Crippen LogP contribution in [0.1, 0.15) is 11.1 Å². The van der Waals surface area contributed by atoms with E-state index in [0.29, 0.717) is 11.3 Å². The smallest absolute Gasteiger partial charge is 0.263 e. The number of aryl methyl sites for hydroxylation is 1. The first-order chi connectivity index (χ1) is 9.31. The predicted octanol–water partition coefficient (Wildman–Crippen LogP) is 2.73. The van der Waals surface area contributed by atoms with E-state index in [4.69, 9.17) is 17.3 Å². The van der Waals surface area contributed by atoms with Crippen molar-refractivity contribution in [2.24, 2.45) is 0 Å². The van der Waals surface area contributed by atoms with Crippen molar-refractivity contribution in [2.75, 3.05) is 10.5 Å². The lowest BCUT2D eigenvalue weighted by Crippen LogP contribution is -2.16. The maximum Gasteiger partial charge on any atom is 0.263 e. The van der Waals surface area contributed by atoms with Crippen molar-refractivity contribution in [1.82, 2.24) is 4.98 Å². The number of hydrogen-bond donors (Lipinski definition) is 2. The number of nitrogens with one attached hydrogen (secondary N) is 1. The molecule has 0 saturated carbocycles. The molecule has 7 heteroatoms. The summed E-state index contributed by atoms with van der Waals surface area (Å²) in [7, 11) is -3.79. The molecule has 0 fully saturated rings. The molecule has 0 aliphatic rings. The molecule has 20 heavy (non-hydrogen) atoms. The van der Waals surface area contributed by atoms with Crippen molar-refractivity contribution in [3.63, 3.8) is 0 Å². The van der Waals surface area contributed by atoms with Crippen LogP contribution in [0.15, 0.2) is 35.4 Å². The second-order valence-corrected chi connectivity index (χ2v) is 6.46. The highest BCUT2D eigenvalue weighted by atomic mass is 35.5. The fraction of sp³-hybridized carbons (Fsp3) is 0.154. The van der Waals surface area contributed by atoms with Gasteiger partial charge in [-0.3, -0.25) is 4.72 Å². The van der Waals surface area contributed by atoms with Crippen LogP contribution in [0.3, 0.4) is 0 Å². The maximum absolute atomic E-state index is 12.4. The van der Waals surface area contributed by atoms with Gasteiger partial charge in [0.1, 0.15) is 0 Å². The normalized spacial score (nSPS) is 11.3. The van der Waals surface area contributed by atoms with Crippen LogP contribution in [0.4, 0.5) is 11.5 Å². The van der Waals surface area contributed by atoms with Crippen LogP contribution in [0.2, 0.25) is 5.02 Å².